The molecule has 2 aromatic carbocycles. The van der Waals surface area contributed by atoms with Crippen molar-refractivity contribution in [3.8, 4) is 5.75 Å². The molecule has 1 nitrogen and oxygen atoms in total. The van der Waals surface area contributed by atoms with E-state index in [2.05, 4.69) is 50.4 Å². The van der Waals surface area contributed by atoms with Gasteiger partial charge in [0.2, 0.25) is 0 Å². The van der Waals surface area contributed by atoms with E-state index in [9.17, 15) is 0 Å². The van der Waals surface area contributed by atoms with Crippen molar-refractivity contribution in [1.29, 1.82) is 0 Å². The number of unbranched alkanes of at least 4 members (excludes halogenated alkanes) is 8. The normalized spacial score (nSPS) is 12.4. The SMILES string of the molecule is CCCCCCCCCCCC(C)c1ccc2cc(OC)c(SC)cc2c1. The highest BCUT2D eigenvalue weighted by Crippen LogP contribution is 2.34. The first-order chi connectivity index (χ1) is 13.2. The predicted molar refractivity (Wildman–Crippen MR) is 123 cm³/mol. The first kappa shape index (κ1) is 22.1. The maximum absolute atomic E-state index is 5.51. The molecule has 150 valence electrons. The number of thioether (sulfide) groups is 1. The Morgan fingerprint density at radius 1 is 0.852 bits per heavy atom. The molecule has 0 aliphatic rings. The van der Waals surface area contributed by atoms with Crippen molar-refractivity contribution in [3.63, 3.8) is 0 Å². The minimum Gasteiger partial charge on any atom is -0.496 e. The van der Waals surface area contributed by atoms with Gasteiger partial charge < -0.3 is 4.74 Å². The lowest BCUT2D eigenvalue weighted by molar-refractivity contribution is 0.405. The van der Waals surface area contributed by atoms with Crippen molar-refractivity contribution in [2.24, 2.45) is 0 Å². The molecule has 0 bridgehead atoms. The molecule has 27 heavy (non-hydrogen) atoms. The van der Waals surface area contributed by atoms with Crippen LogP contribution in [0.2, 0.25) is 0 Å². The van der Waals surface area contributed by atoms with Crippen LogP contribution in [0.1, 0.15) is 89.5 Å². The van der Waals surface area contributed by atoms with Gasteiger partial charge in [-0.25, -0.2) is 0 Å². The molecule has 0 radical (unpaired) electrons. The van der Waals surface area contributed by atoms with E-state index in [4.69, 9.17) is 4.74 Å². The highest BCUT2D eigenvalue weighted by molar-refractivity contribution is 7.98. The summed E-state index contributed by atoms with van der Waals surface area (Å²) in [5, 5.41) is 2.60. The summed E-state index contributed by atoms with van der Waals surface area (Å²) < 4.78 is 5.51. The third-order valence-electron chi connectivity index (χ3n) is 5.68. The molecule has 0 saturated heterocycles. The Bertz CT molecular complexity index is 679. The Morgan fingerprint density at radius 3 is 2.15 bits per heavy atom. The fraction of sp³-hybridized carbons (Fsp3) is 0.600. The molecule has 0 amide bonds. The Kier molecular flexibility index (Phi) is 10.1. The molecule has 0 saturated carbocycles. The van der Waals surface area contributed by atoms with Gasteiger partial charge in [0, 0.05) is 4.90 Å². The van der Waals surface area contributed by atoms with Crippen LogP contribution in [0.5, 0.6) is 5.75 Å². The van der Waals surface area contributed by atoms with E-state index < -0.39 is 0 Å². The van der Waals surface area contributed by atoms with Crippen molar-refractivity contribution in [2.75, 3.05) is 13.4 Å². The Morgan fingerprint density at radius 2 is 1.52 bits per heavy atom. The van der Waals surface area contributed by atoms with Crippen LogP contribution in [-0.4, -0.2) is 13.4 Å². The second-order valence-electron chi connectivity index (χ2n) is 7.83. The minimum absolute atomic E-state index is 0.638. The summed E-state index contributed by atoms with van der Waals surface area (Å²) in [5.74, 6) is 1.62. The van der Waals surface area contributed by atoms with Crippen molar-refractivity contribution >= 4 is 22.5 Å². The summed E-state index contributed by atoms with van der Waals surface area (Å²) in [7, 11) is 1.75. The van der Waals surface area contributed by atoms with Crippen molar-refractivity contribution in [1.82, 2.24) is 0 Å². The standard InChI is InChI=1S/C25H38OS/c1-5-6-7-8-9-10-11-12-13-14-20(2)21-15-16-22-18-24(26-3)25(27-4)19-23(22)17-21/h15-20H,5-14H2,1-4H3. The van der Waals surface area contributed by atoms with Gasteiger partial charge in [0.25, 0.3) is 0 Å². The zero-order valence-corrected chi connectivity index (χ0v) is 18.7. The smallest absolute Gasteiger partial charge is 0.133 e. The van der Waals surface area contributed by atoms with E-state index in [1.54, 1.807) is 18.9 Å². The van der Waals surface area contributed by atoms with Crippen molar-refractivity contribution in [3.05, 3.63) is 35.9 Å². The third-order valence-corrected chi connectivity index (χ3v) is 6.44. The van der Waals surface area contributed by atoms with Crippen LogP contribution in [0.15, 0.2) is 35.2 Å². The summed E-state index contributed by atoms with van der Waals surface area (Å²) >= 11 is 1.75. The molecule has 0 aromatic heterocycles. The van der Waals surface area contributed by atoms with E-state index >= 15 is 0 Å². The fourth-order valence-corrected chi connectivity index (χ4v) is 4.42. The lowest BCUT2D eigenvalue weighted by atomic mass is 9.93. The topological polar surface area (TPSA) is 9.23 Å². The van der Waals surface area contributed by atoms with Gasteiger partial charge in [-0.15, -0.1) is 11.8 Å². The molecule has 1 atom stereocenters. The molecule has 0 aliphatic carbocycles. The Labute approximate surface area is 171 Å². The average molecular weight is 387 g/mol. The van der Waals surface area contributed by atoms with Crippen molar-refractivity contribution in [2.45, 2.75) is 88.9 Å². The predicted octanol–water partition coefficient (Wildman–Crippen LogP) is 8.59. The summed E-state index contributed by atoms with van der Waals surface area (Å²) in [4.78, 5) is 1.22. The molecule has 0 N–H and O–H groups in total. The molecule has 2 rings (SSSR count). The first-order valence-electron chi connectivity index (χ1n) is 10.8. The minimum atomic E-state index is 0.638. The van der Waals surface area contributed by atoms with E-state index in [0.29, 0.717) is 5.92 Å². The molecule has 0 spiro atoms. The summed E-state index contributed by atoms with van der Waals surface area (Å²) in [6.45, 7) is 4.67. The van der Waals surface area contributed by atoms with Gasteiger partial charge in [-0.2, -0.15) is 0 Å². The summed E-state index contributed by atoms with van der Waals surface area (Å²) in [5.41, 5.74) is 1.47. The van der Waals surface area contributed by atoms with Gasteiger partial charge in [0.1, 0.15) is 5.75 Å². The zero-order valence-electron chi connectivity index (χ0n) is 17.9. The van der Waals surface area contributed by atoms with Crippen LogP contribution in [0.25, 0.3) is 10.8 Å². The van der Waals surface area contributed by atoms with E-state index in [0.717, 1.165) is 5.75 Å². The van der Waals surface area contributed by atoms with Crippen molar-refractivity contribution < 1.29 is 4.74 Å². The molecule has 1 unspecified atom stereocenters. The van der Waals surface area contributed by atoms with Crippen LogP contribution >= 0.6 is 11.8 Å². The summed E-state index contributed by atoms with van der Waals surface area (Å²) in [6, 6.07) is 11.4. The second-order valence-corrected chi connectivity index (χ2v) is 8.68. The molecule has 2 heteroatoms. The Balaban J connectivity index is 1.80. The summed E-state index contributed by atoms with van der Waals surface area (Å²) in [6.07, 6.45) is 16.0. The second kappa shape index (κ2) is 12.3. The maximum atomic E-state index is 5.51. The van der Waals surface area contributed by atoms with Gasteiger partial charge in [-0.1, -0.05) is 89.8 Å². The van der Waals surface area contributed by atoms with Crippen LogP contribution in [0, 0.1) is 0 Å². The molecule has 2 aromatic rings. The number of methoxy groups -OCH3 is 1. The van der Waals surface area contributed by atoms with Crippen LogP contribution in [-0.2, 0) is 0 Å². The van der Waals surface area contributed by atoms with E-state index in [1.807, 2.05) is 0 Å². The monoisotopic (exact) mass is 386 g/mol. The number of hydrogen-bond donors (Lipinski definition) is 0. The average Bonchev–Trinajstić information content (AvgIpc) is 2.70. The fourth-order valence-electron chi connectivity index (χ4n) is 3.83. The third kappa shape index (κ3) is 7.07. The largest absolute Gasteiger partial charge is 0.496 e. The Hall–Kier alpha value is -1.15. The number of fused-ring (bicyclic) bond motifs is 1. The van der Waals surface area contributed by atoms with E-state index in [1.165, 1.54) is 85.4 Å². The van der Waals surface area contributed by atoms with Gasteiger partial charge in [-0.05, 0) is 47.1 Å². The first-order valence-corrected chi connectivity index (χ1v) is 12.1. The highest BCUT2D eigenvalue weighted by Gasteiger charge is 2.09. The number of rotatable bonds is 13. The molecular weight excluding hydrogens is 348 g/mol. The molecule has 0 aliphatic heterocycles. The maximum Gasteiger partial charge on any atom is 0.133 e. The zero-order chi connectivity index (χ0) is 19.5. The molecular formula is C25H38OS. The highest BCUT2D eigenvalue weighted by atomic mass is 32.2. The lowest BCUT2D eigenvalue weighted by Crippen LogP contribution is -1.95. The quantitative estimate of drug-likeness (QED) is 0.252. The van der Waals surface area contributed by atoms with Crippen LogP contribution in [0.3, 0.4) is 0 Å². The number of benzene rings is 2. The van der Waals surface area contributed by atoms with Gasteiger partial charge in [0.05, 0.1) is 7.11 Å². The van der Waals surface area contributed by atoms with Crippen LogP contribution < -0.4 is 4.74 Å². The number of hydrogen-bond acceptors (Lipinski definition) is 2. The van der Waals surface area contributed by atoms with E-state index in [-0.39, 0.29) is 0 Å². The number of ether oxygens (including phenoxy) is 1. The van der Waals surface area contributed by atoms with Gasteiger partial charge >= 0.3 is 0 Å². The van der Waals surface area contributed by atoms with Gasteiger partial charge in [-0.3, -0.25) is 0 Å². The van der Waals surface area contributed by atoms with Gasteiger partial charge in [0.15, 0.2) is 0 Å². The lowest BCUT2D eigenvalue weighted by Gasteiger charge is -2.14. The molecule has 0 fully saturated rings. The molecule has 0 heterocycles. The van der Waals surface area contributed by atoms with Crippen LogP contribution in [0.4, 0.5) is 0 Å².